The molecule has 0 radical (unpaired) electrons. The number of aryl methyl sites for hydroxylation is 1. The van der Waals surface area contributed by atoms with Crippen molar-refractivity contribution in [1.29, 1.82) is 0 Å². The summed E-state index contributed by atoms with van der Waals surface area (Å²) >= 11 is 0. The van der Waals surface area contributed by atoms with E-state index in [2.05, 4.69) is 13.8 Å². The van der Waals surface area contributed by atoms with Crippen LogP contribution in [0, 0.1) is 5.92 Å². The van der Waals surface area contributed by atoms with Gasteiger partial charge in [0.1, 0.15) is 5.75 Å². The first-order chi connectivity index (χ1) is 8.24. The summed E-state index contributed by atoms with van der Waals surface area (Å²) in [5.41, 5.74) is 1.09. The van der Waals surface area contributed by atoms with Crippen LogP contribution in [-0.2, 0) is 6.42 Å². The van der Waals surface area contributed by atoms with E-state index < -0.39 is 0 Å². The number of hydrogen-bond donors (Lipinski definition) is 1. The maximum atomic E-state index is 9.65. The first-order valence-corrected chi connectivity index (χ1v) is 7.01. The van der Waals surface area contributed by atoms with Crippen LogP contribution in [0.15, 0.2) is 24.3 Å². The first-order valence-electron chi connectivity index (χ1n) is 7.01. The molecular weight excluding hydrogens is 208 g/mol. The molecule has 0 spiro atoms. The highest BCUT2D eigenvalue weighted by Crippen LogP contribution is 2.21. The zero-order valence-electron chi connectivity index (χ0n) is 11.3. The third-order valence-electron chi connectivity index (χ3n) is 3.44. The Hall–Kier alpha value is -0.980. The van der Waals surface area contributed by atoms with Gasteiger partial charge in [0.05, 0.1) is 0 Å². The molecule has 0 aliphatic rings. The highest BCUT2D eigenvalue weighted by Gasteiger charge is 2.04. The minimum absolute atomic E-state index is 0.450. The van der Waals surface area contributed by atoms with Gasteiger partial charge in [-0.25, -0.2) is 0 Å². The van der Waals surface area contributed by atoms with Crippen LogP contribution in [0.4, 0.5) is 0 Å². The van der Waals surface area contributed by atoms with E-state index in [1.807, 2.05) is 18.2 Å². The Labute approximate surface area is 106 Å². The molecule has 1 aromatic carbocycles. The molecule has 1 N–H and O–H groups in total. The molecule has 96 valence electrons. The Morgan fingerprint density at radius 3 is 2.47 bits per heavy atom. The minimum atomic E-state index is 0.450. The normalized spacial score (nSPS) is 12.6. The maximum absolute atomic E-state index is 9.65. The number of benzene rings is 1. The van der Waals surface area contributed by atoms with Crippen molar-refractivity contribution in [2.45, 2.75) is 58.8 Å². The SMILES string of the molecule is CCCCCC(C)CCCc1ccccc1O. The summed E-state index contributed by atoms with van der Waals surface area (Å²) in [6.45, 7) is 4.60. The quantitative estimate of drug-likeness (QED) is 0.632. The van der Waals surface area contributed by atoms with Gasteiger partial charge in [-0.2, -0.15) is 0 Å². The molecule has 0 aliphatic heterocycles. The Balaban J connectivity index is 2.17. The van der Waals surface area contributed by atoms with Gasteiger partial charge in [-0.1, -0.05) is 64.2 Å². The number of phenolic OH excluding ortho intramolecular Hbond substituents is 1. The molecule has 0 aliphatic carbocycles. The third kappa shape index (κ3) is 5.76. The van der Waals surface area contributed by atoms with Gasteiger partial charge >= 0.3 is 0 Å². The van der Waals surface area contributed by atoms with E-state index in [0.29, 0.717) is 5.75 Å². The molecule has 0 fully saturated rings. The van der Waals surface area contributed by atoms with E-state index in [1.54, 1.807) is 6.07 Å². The molecule has 1 atom stereocenters. The van der Waals surface area contributed by atoms with E-state index in [1.165, 1.54) is 38.5 Å². The summed E-state index contributed by atoms with van der Waals surface area (Å²) < 4.78 is 0. The Morgan fingerprint density at radius 2 is 1.76 bits per heavy atom. The highest BCUT2D eigenvalue weighted by molar-refractivity contribution is 5.31. The maximum Gasteiger partial charge on any atom is 0.118 e. The van der Waals surface area contributed by atoms with Crippen LogP contribution in [0.5, 0.6) is 5.75 Å². The number of rotatable bonds is 8. The number of unbranched alkanes of at least 4 members (excludes halogenated alkanes) is 2. The standard InChI is InChI=1S/C16H26O/c1-3-4-5-9-14(2)10-8-12-15-11-6-7-13-16(15)17/h6-7,11,13-14,17H,3-5,8-10,12H2,1-2H3. The van der Waals surface area contributed by atoms with Crippen molar-refractivity contribution in [2.24, 2.45) is 5.92 Å². The van der Waals surface area contributed by atoms with Crippen molar-refractivity contribution in [3.8, 4) is 5.75 Å². The topological polar surface area (TPSA) is 20.2 Å². The second kappa shape index (κ2) is 8.16. The summed E-state index contributed by atoms with van der Waals surface area (Å²) in [4.78, 5) is 0. The number of hydrogen-bond acceptors (Lipinski definition) is 1. The molecule has 0 saturated heterocycles. The van der Waals surface area contributed by atoms with E-state index >= 15 is 0 Å². The summed E-state index contributed by atoms with van der Waals surface area (Å²) in [5, 5.41) is 9.65. The predicted octanol–water partition coefficient (Wildman–Crippen LogP) is 4.93. The molecule has 0 aromatic heterocycles. The zero-order chi connectivity index (χ0) is 12.5. The van der Waals surface area contributed by atoms with Crippen molar-refractivity contribution in [3.63, 3.8) is 0 Å². The third-order valence-corrected chi connectivity index (χ3v) is 3.44. The molecule has 1 heteroatoms. The summed E-state index contributed by atoms with van der Waals surface area (Å²) in [7, 11) is 0. The number of phenols is 1. The molecule has 1 unspecified atom stereocenters. The number of para-hydroxylation sites is 1. The van der Waals surface area contributed by atoms with E-state index in [0.717, 1.165) is 17.9 Å². The molecule has 1 rings (SSSR count). The lowest BCUT2D eigenvalue weighted by Crippen LogP contribution is -1.96. The van der Waals surface area contributed by atoms with E-state index in [4.69, 9.17) is 0 Å². The number of aromatic hydroxyl groups is 1. The average molecular weight is 234 g/mol. The van der Waals surface area contributed by atoms with Crippen LogP contribution in [-0.4, -0.2) is 5.11 Å². The Morgan fingerprint density at radius 1 is 1.06 bits per heavy atom. The van der Waals surface area contributed by atoms with Crippen LogP contribution in [0.1, 0.15) is 57.9 Å². The lowest BCUT2D eigenvalue weighted by Gasteiger charge is -2.11. The van der Waals surface area contributed by atoms with Crippen LogP contribution in [0.25, 0.3) is 0 Å². The van der Waals surface area contributed by atoms with E-state index in [-0.39, 0.29) is 0 Å². The second-order valence-electron chi connectivity index (χ2n) is 5.12. The monoisotopic (exact) mass is 234 g/mol. The second-order valence-corrected chi connectivity index (χ2v) is 5.12. The summed E-state index contributed by atoms with van der Waals surface area (Å²) in [6, 6.07) is 7.68. The van der Waals surface area contributed by atoms with E-state index in [9.17, 15) is 5.11 Å². The van der Waals surface area contributed by atoms with Crippen LogP contribution < -0.4 is 0 Å². The molecule has 0 heterocycles. The highest BCUT2D eigenvalue weighted by atomic mass is 16.3. The van der Waals surface area contributed by atoms with Gasteiger partial charge < -0.3 is 5.11 Å². The zero-order valence-corrected chi connectivity index (χ0v) is 11.3. The molecule has 0 amide bonds. The van der Waals surface area contributed by atoms with Crippen molar-refractivity contribution in [1.82, 2.24) is 0 Å². The van der Waals surface area contributed by atoms with Crippen molar-refractivity contribution >= 4 is 0 Å². The predicted molar refractivity (Wildman–Crippen MR) is 74.4 cm³/mol. The largest absolute Gasteiger partial charge is 0.508 e. The molecular formula is C16H26O. The van der Waals surface area contributed by atoms with Gasteiger partial charge in [0, 0.05) is 0 Å². The van der Waals surface area contributed by atoms with Crippen molar-refractivity contribution in [3.05, 3.63) is 29.8 Å². The molecule has 1 aromatic rings. The van der Waals surface area contributed by atoms with Gasteiger partial charge in [-0.3, -0.25) is 0 Å². The van der Waals surface area contributed by atoms with Crippen LogP contribution >= 0.6 is 0 Å². The molecule has 17 heavy (non-hydrogen) atoms. The lowest BCUT2D eigenvalue weighted by atomic mass is 9.96. The molecule has 0 saturated carbocycles. The summed E-state index contributed by atoms with van der Waals surface area (Å²) in [6.07, 6.45) is 8.87. The van der Waals surface area contributed by atoms with Crippen LogP contribution in [0.3, 0.4) is 0 Å². The molecule has 0 bridgehead atoms. The van der Waals surface area contributed by atoms with Crippen molar-refractivity contribution < 1.29 is 5.11 Å². The Kier molecular flexibility index (Phi) is 6.76. The Bertz CT molecular complexity index is 306. The van der Waals surface area contributed by atoms with Gasteiger partial charge in [0.25, 0.3) is 0 Å². The smallest absolute Gasteiger partial charge is 0.118 e. The fourth-order valence-corrected chi connectivity index (χ4v) is 2.25. The first kappa shape index (κ1) is 14.1. The lowest BCUT2D eigenvalue weighted by molar-refractivity contribution is 0.441. The van der Waals surface area contributed by atoms with Gasteiger partial charge in [-0.05, 0) is 30.4 Å². The van der Waals surface area contributed by atoms with Crippen LogP contribution in [0.2, 0.25) is 0 Å². The fourth-order valence-electron chi connectivity index (χ4n) is 2.25. The van der Waals surface area contributed by atoms with Gasteiger partial charge in [0.15, 0.2) is 0 Å². The van der Waals surface area contributed by atoms with Crippen molar-refractivity contribution in [2.75, 3.05) is 0 Å². The minimum Gasteiger partial charge on any atom is -0.508 e. The average Bonchev–Trinajstić information content (AvgIpc) is 2.32. The van der Waals surface area contributed by atoms with Gasteiger partial charge in [0.2, 0.25) is 0 Å². The summed E-state index contributed by atoms with van der Waals surface area (Å²) in [5.74, 6) is 1.28. The van der Waals surface area contributed by atoms with Gasteiger partial charge in [-0.15, -0.1) is 0 Å². The fraction of sp³-hybridized carbons (Fsp3) is 0.625. The molecule has 1 nitrogen and oxygen atoms in total.